The van der Waals surface area contributed by atoms with E-state index in [2.05, 4.69) is 16.9 Å². The molecule has 5 heteroatoms. The molecule has 0 atom stereocenters. The molecular weight excluding hydrogens is 192 g/mol. The molecule has 0 radical (unpaired) electrons. The third-order valence-corrected chi connectivity index (χ3v) is 2.76. The Hall–Kier alpha value is -1.23. The predicted molar refractivity (Wildman–Crippen MR) is 60.1 cm³/mol. The topological polar surface area (TPSA) is 56.3 Å². The summed E-state index contributed by atoms with van der Waals surface area (Å²) >= 11 is 0. The molecule has 5 nitrogen and oxygen atoms in total. The van der Waals surface area contributed by atoms with Gasteiger partial charge < -0.3 is 15.4 Å². The van der Waals surface area contributed by atoms with Crippen LogP contribution in [-0.4, -0.2) is 36.1 Å². The maximum atomic E-state index is 6.04. The first-order valence-corrected chi connectivity index (χ1v) is 5.39. The second-order valence-corrected chi connectivity index (χ2v) is 3.74. The van der Waals surface area contributed by atoms with Gasteiger partial charge in [0.2, 0.25) is 0 Å². The molecule has 0 aliphatic carbocycles. The number of anilines is 2. The molecule has 1 aromatic rings. The third-order valence-electron chi connectivity index (χ3n) is 2.76. The molecule has 0 spiro atoms. The van der Waals surface area contributed by atoms with Crippen LogP contribution in [0.5, 0.6) is 0 Å². The molecule has 1 aliphatic rings. The number of aromatic nitrogens is 2. The van der Waals surface area contributed by atoms with E-state index in [1.165, 1.54) is 0 Å². The monoisotopic (exact) mass is 210 g/mol. The Labute approximate surface area is 89.8 Å². The second-order valence-electron chi connectivity index (χ2n) is 3.74. The lowest BCUT2D eigenvalue weighted by Crippen LogP contribution is -2.38. The van der Waals surface area contributed by atoms with Crippen LogP contribution < -0.4 is 10.6 Å². The summed E-state index contributed by atoms with van der Waals surface area (Å²) in [6, 6.07) is 0. The molecule has 1 fully saturated rings. The molecule has 1 aromatic heterocycles. The number of rotatable bonds is 2. The van der Waals surface area contributed by atoms with E-state index < -0.39 is 0 Å². The smallest absolute Gasteiger partial charge is 0.150 e. The zero-order valence-corrected chi connectivity index (χ0v) is 9.36. The zero-order valence-electron chi connectivity index (χ0n) is 9.36. The van der Waals surface area contributed by atoms with Crippen molar-refractivity contribution in [2.45, 2.75) is 20.4 Å². The van der Waals surface area contributed by atoms with Gasteiger partial charge in [0, 0.05) is 19.6 Å². The largest absolute Gasteiger partial charge is 0.394 e. The maximum absolute atomic E-state index is 6.04. The van der Waals surface area contributed by atoms with Gasteiger partial charge in [-0.05, 0) is 13.8 Å². The van der Waals surface area contributed by atoms with Crippen molar-refractivity contribution in [3.63, 3.8) is 0 Å². The van der Waals surface area contributed by atoms with Gasteiger partial charge in [-0.1, -0.05) is 0 Å². The van der Waals surface area contributed by atoms with Crippen LogP contribution in [0.1, 0.15) is 12.6 Å². The fraction of sp³-hybridized carbons (Fsp3) is 0.700. The summed E-state index contributed by atoms with van der Waals surface area (Å²) in [6.45, 7) is 8.22. The minimum Gasteiger partial charge on any atom is -0.394 e. The summed E-state index contributed by atoms with van der Waals surface area (Å²) in [4.78, 5) is 2.25. The summed E-state index contributed by atoms with van der Waals surface area (Å²) in [5.41, 5.74) is 7.76. The highest BCUT2D eigenvalue weighted by Crippen LogP contribution is 2.26. The Morgan fingerprint density at radius 2 is 2.07 bits per heavy atom. The first-order valence-electron chi connectivity index (χ1n) is 5.39. The van der Waals surface area contributed by atoms with E-state index in [9.17, 15) is 0 Å². The van der Waals surface area contributed by atoms with Crippen LogP contribution in [0.3, 0.4) is 0 Å². The standard InChI is InChI=1S/C10H18N4O/c1-3-14-10(9(11)8(2)12-14)13-4-6-15-7-5-13/h3-7,11H2,1-2H3. The average molecular weight is 210 g/mol. The Morgan fingerprint density at radius 3 is 2.67 bits per heavy atom. The quantitative estimate of drug-likeness (QED) is 0.778. The molecule has 0 unspecified atom stereocenters. The van der Waals surface area contributed by atoms with Crippen LogP contribution in [0, 0.1) is 6.92 Å². The molecule has 15 heavy (non-hydrogen) atoms. The van der Waals surface area contributed by atoms with Crippen LogP contribution in [0.25, 0.3) is 0 Å². The number of ether oxygens (including phenoxy) is 1. The zero-order chi connectivity index (χ0) is 10.8. The first-order chi connectivity index (χ1) is 7.24. The van der Waals surface area contributed by atoms with Gasteiger partial charge >= 0.3 is 0 Å². The van der Waals surface area contributed by atoms with E-state index in [0.29, 0.717) is 0 Å². The van der Waals surface area contributed by atoms with Gasteiger partial charge in [-0.15, -0.1) is 0 Å². The van der Waals surface area contributed by atoms with Crippen molar-refractivity contribution in [1.29, 1.82) is 0 Å². The second kappa shape index (κ2) is 4.10. The number of nitrogens with zero attached hydrogens (tertiary/aromatic N) is 3. The third kappa shape index (κ3) is 1.79. The number of nitrogens with two attached hydrogens (primary N) is 1. The molecule has 0 amide bonds. The van der Waals surface area contributed by atoms with Crippen LogP contribution in [0.2, 0.25) is 0 Å². The van der Waals surface area contributed by atoms with E-state index in [1.54, 1.807) is 0 Å². The summed E-state index contributed by atoms with van der Waals surface area (Å²) in [7, 11) is 0. The minimum absolute atomic E-state index is 0.771. The lowest BCUT2D eigenvalue weighted by atomic mass is 10.3. The van der Waals surface area contributed by atoms with Gasteiger partial charge in [-0.25, -0.2) is 4.68 Å². The Bertz CT molecular complexity index is 341. The Kier molecular flexibility index (Phi) is 2.81. The molecule has 1 saturated heterocycles. The average Bonchev–Trinajstić information content (AvgIpc) is 2.56. The fourth-order valence-corrected chi connectivity index (χ4v) is 1.91. The van der Waals surface area contributed by atoms with Gasteiger partial charge in [0.25, 0.3) is 0 Å². The van der Waals surface area contributed by atoms with Crippen molar-refractivity contribution in [3.05, 3.63) is 5.69 Å². The molecule has 84 valence electrons. The summed E-state index contributed by atoms with van der Waals surface area (Å²) in [5, 5.41) is 4.41. The lowest BCUT2D eigenvalue weighted by Gasteiger charge is -2.29. The minimum atomic E-state index is 0.771. The Morgan fingerprint density at radius 1 is 1.40 bits per heavy atom. The molecule has 2 N–H and O–H groups in total. The summed E-state index contributed by atoms with van der Waals surface area (Å²) in [5.74, 6) is 1.05. The number of hydrogen-bond donors (Lipinski definition) is 1. The Balaban J connectivity index is 2.31. The fourth-order valence-electron chi connectivity index (χ4n) is 1.91. The molecule has 1 aliphatic heterocycles. The number of nitrogen functional groups attached to an aromatic ring is 1. The maximum Gasteiger partial charge on any atom is 0.150 e. The SMILES string of the molecule is CCn1nc(C)c(N)c1N1CCOCC1. The first kappa shape index (κ1) is 10.3. The number of aryl methyl sites for hydroxylation is 2. The lowest BCUT2D eigenvalue weighted by molar-refractivity contribution is 0.122. The van der Waals surface area contributed by atoms with E-state index in [4.69, 9.17) is 10.5 Å². The summed E-state index contributed by atoms with van der Waals surface area (Å²) in [6.07, 6.45) is 0. The highest BCUT2D eigenvalue weighted by molar-refractivity contribution is 5.66. The van der Waals surface area contributed by atoms with Crippen molar-refractivity contribution in [2.24, 2.45) is 0 Å². The molecule has 2 heterocycles. The van der Waals surface area contributed by atoms with Crippen molar-refractivity contribution in [1.82, 2.24) is 9.78 Å². The molecular formula is C10H18N4O. The van der Waals surface area contributed by atoms with Gasteiger partial charge in [0.1, 0.15) is 0 Å². The van der Waals surface area contributed by atoms with Crippen molar-refractivity contribution in [2.75, 3.05) is 36.9 Å². The van der Waals surface area contributed by atoms with Crippen molar-refractivity contribution >= 4 is 11.5 Å². The molecule has 0 bridgehead atoms. The molecule has 2 rings (SSSR count). The highest BCUT2D eigenvalue weighted by atomic mass is 16.5. The van der Waals surface area contributed by atoms with Crippen LogP contribution in [0.15, 0.2) is 0 Å². The highest BCUT2D eigenvalue weighted by Gasteiger charge is 2.20. The summed E-state index contributed by atoms with van der Waals surface area (Å²) < 4.78 is 7.30. The number of morpholine rings is 1. The van der Waals surface area contributed by atoms with E-state index in [-0.39, 0.29) is 0 Å². The molecule has 0 saturated carbocycles. The van der Waals surface area contributed by atoms with E-state index >= 15 is 0 Å². The van der Waals surface area contributed by atoms with Crippen molar-refractivity contribution < 1.29 is 4.74 Å². The van der Waals surface area contributed by atoms with E-state index in [0.717, 1.165) is 50.0 Å². The number of hydrogen-bond acceptors (Lipinski definition) is 4. The normalized spacial score (nSPS) is 17.1. The van der Waals surface area contributed by atoms with Gasteiger partial charge in [-0.2, -0.15) is 5.10 Å². The van der Waals surface area contributed by atoms with Gasteiger partial charge in [-0.3, -0.25) is 0 Å². The predicted octanol–water partition coefficient (Wildman–Crippen LogP) is 0.630. The van der Waals surface area contributed by atoms with Crippen LogP contribution in [-0.2, 0) is 11.3 Å². The van der Waals surface area contributed by atoms with E-state index in [1.807, 2.05) is 11.6 Å². The van der Waals surface area contributed by atoms with Crippen LogP contribution >= 0.6 is 0 Å². The van der Waals surface area contributed by atoms with Gasteiger partial charge in [0.15, 0.2) is 5.82 Å². The molecule has 0 aromatic carbocycles. The van der Waals surface area contributed by atoms with Gasteiger partial charge in [0.05, 0.1) is 24.6 Å². The van der Waals surface area contributed by atoms with Crippen LogP contribution in [0.4, 0.5) is 11.5 Å². The van der Waals surface area contributed by atoms with Crippen molar-refractivity contribution in [3.8, 4) is 0 Å².